The smallest absolute Gasteiger partial charge is 0.0544 e. The standard InChI is InChI=1S/C45H32N2/c1-45(2)38-17-9-6-14-33(38)35-25-27-42-43(44(35)45)36-16-8-11-19-40(36)47(42)32-23-20-29(21-24-32)30-22-26-41-37(28-30)34-15-7-10-18-39(34)46(41)31-12-4-3-5-13-31/h3-28H,1-2H3. The molecule has 2 heteroatoms. The van der Waals surface area contributed by atoms with Gasteiger partial charge in [-0.25, -0.2) is 0 Å². The molecule has 222 valence electrons. The molecule has 0 amide bonds. The molecule has 0 N–H and O–H groups in total. The fraction of sp³-hybridized carbons (Fsp3) is 0.0667. The summed E-state index contributed by atoms with van der Waals surface area (Å²) in [5, 5.41) is 5.21. The lowest BCUT2D eigenvalue weighted by Gasteiger charge is -2.22. The zero-order chi connectivity index (χ0) is 31.3. The normalized spacial score (nSPS) is 13.5. The van der Waals surface area contributed by atoms with Crippen molar-refractivity contribution < 1.29 is 0 Å². The van der Waals surface area contributed by atoms with Crippen LogP contribution in [0.25, 0.3) is 77.2 Å². The van der Waals surface area contributed by atoms with Gasteiger partial charge >= 0.3 is 0 Å². The van der Waals surface area contributed by atoms with Crippen molar-refractivity contribution in [1.29, 1.82) is 0 Å². The molecule has 0 spiro atoms. The Morgan fingerprint density at radius 3 is 1.79 bits per heavy atom. The van der Waals surface area contributed by atoms with E-state index in [-0.39, 0.29) is 5.41 Å². The number of para-hydroxylation sites is 3. The van der Waals surface area contributed by atoms with E-state index in [9.17, 15) is 0 Å². The van der Waals surface area contributed by atoms with E-state index >= 15 is 0 Å². The third-order valence-corrected chi connectivity index (χ3v) is 10.5. The van der Waals surface area contributed by atoms with Crippen LogP contribution in [-0.2, 0) is 5.41 Å². The molecule has 0 atom stereocenters. The Kier molecular flexibility index (Phi) is 5.37. The number of hydrogen-bond acceptors (Lipinski definition) is 0. The molecule has 0 saturated carbocycles. The van der Waals surface area contributed by atoms with Gasteiger partial charge in [0.25, 0.3) is 0 Å². The Balaban J connectivity index is 1.13. The molecule has 47 heavy (non-hydrogen) atoms. The van der Waals surface area contributed by atoms with Gasteiger partial charge in [-0.3, -0.25) is 0 Å². The summed E-state index contributed by atoms with van der Waals surface area (Å²) in [6.07, 6.45) is 0. The summed E-state index contributed by atoms with van der Waals surface area (Å²) >= 11 is 0. The Hall–Kier alpha value is -5.86. The lowest BCUT2D eigenvalue weighted by atomic mass is 9.80. The minimum atomic E-state index is -0.0769. The second-order valence-electron chi connectivity index (χ2n) is 13.4. The molecule has 0 aliphatic heterocycles. The van der Waals surface area contributed by atoms with Gasteiger partial charge in [-0.05, 0) is 88.0 Å². The van der Waals surface area contributed by atoms with Gasteiger partial charge in [-0.2, -0.15) is 0 Å². The number of rotatable bonds is 3. The van der Waals surface area contributed by atoms with Crippen molar-refractivity contribution in [1.82, 2.24) is 9.13 Å². The van der Waals surface area contributed by atoms with E-state index in [1.807, 2.05) is 0 Å². The Bertz CT molecular complexity index is 2680. The fourth-order valence-electron chi connectivity index (χ4n) is 8.42. The average molecular weight is 601 g/mol. The summed E-state index contributed by atoms with van der Waals surface area (Å²) in [5.41, 5.74) is 15.2. The Morgan fingerprint density at radius 1 is 0.404 bits per heavy atom. The van der Waals surface area contributed by atoms with Crippen molar-refractivity contribution in [3.8, 4) is 33.6 Å². The quantitative estimate of drug-likeness (QED) is 0.191. The van der Waals surface area contributed by atoms with E-state index in [1.54, 1.807) is 0 Å². The highest BCUT2D eigenvalue weighted by Crippen LogP contribution is 2.53. The van der Waals surface area contributed by atoms with E-state index < -0.39 is 0 Å². The Labute approximate surface area is 273 Å². The zero-order valence-electron chi connectivity index (χ0n) is 26.4. The number of aromatic nitrogens is 2. The van der Waals surface area contributed by atoms with Gasteiger partial charge in [0.15, 0.2) is 0 Å². The molecule has 9 aromatic rings. The van der Waals surface area contributed by atoms with Gasteiger partial charge in [0.1, 0.15) is 0 Å². The molecule has 10 rings (SSSR count). The van der Waals surface area contributed by atoms with E-state index in [1.165, 1.54) is 88.4 Å². The summed E-state index contributed by atoms with van der Waals surface area (Å²) in [7, 11) is 0. The second-order valence-corrected chi connectivity index (χ2v) is 13.4. The SMILES string of the molecule is CC1(C)c2ccccc2-c2ccc3c(c21)c1ccccc1n3-c1ccc(-c2ccc3c(c2)c2ccccc2n3-c2ccccc2)cc1. The highest BCUT2D eigenvalue weighted by Gasteiger charge is 2.37. The monoisotopic (exact) mass is 600 g/mol. The predicted molar refractivity (Wildman–Crippen MR) is 198 cm³/mol. The topological polar surface area (TPSA) is 9.86 Å². The van der Waals surface area contributed by atoms with Crippen LogP contribution < -0.4 is 0 Å². The van der Waals surface area contributed by atoms with Crippen LogP contribution in [0.2, 0.25) is 0 Å². The minimum Gasteiger partial charge on any atom is -0.309 e. The fourth-order valence-corrected chi connectivity index (χ4v) is 8.42. The molecule has 0 unspecified atom stereocenters. The summed E-state index contributed by atoms with van der Waals surface area (Å²) in [5.74, 6) is 0. The molecule has 0 fully saturated rings. The third kappa shape index (κ3) is 3.61. The molecule has 7 aromatic carbocycles. The number of nitrogens with zero attached hydrogens (tertiary/aromatic N) is 2. The lowest BCUT2D eigenvalue weighted by molar-refractivity contribution is 0.666. The van der Waals surface area contributed by atoms with Crippen LogP contribution in [0.15, 0.2) is 158 Å². The molecule has 0 bridgehead atoms. The first-order valence-corrected chi connectivity index (χ1v) is 16.5. The number of hydrogen-bond donors (Lipinski definition) is 0. The highest BCUT2D eigenvalue weighted by molar-refractivity contribution is 6.14. The van der Waals surface area contributed by atoms with Crippen LogP contribution in [0.4, 0.5) is 0 Å². The first-order valence-electron chi connectivity index (χ1n) is 16.5. The van der Waals surface area contributed by atoms with Crippen LogP contribution in [0, 0.1) is 0 Å². The molecule has 0 radical (unpaired) electrons. The molecular formula is C45H32N2. The van der Waals surface area contributed by atoms with Crippen LogP contribution >= 0.6 is 0 Å². The van der Waals surface area contributed by atoms with Crippen LogP contribution in [0.3, 0.4) is 0 Å². The van der Waals surface area contributed by atoms with Crippen molar-refractivity contribution >= 4 is 43.6 Å². The van der Waals surface area contributed by atoms with Crippen molar-refractivity contribution in [3.05, 3.63) is 169 Å². The van der Waals surface area contributed by atoms with Crippen LogP contribution in [0.5, 0.6) is 0 Å². The second kappa shape index (κ2) is 9.57. The maximum absolute atomic E-state index is 2.45. The van der Waals surface area contributed by atoms with Crippen molar-refractivity contribution in [2.75, 3.05) is 0 Å². The molecule has 0 saturated heterocycles. The maximum atomic E-state index is 2.45. The zero-order valence-corrected chi connectivity index (χ0v) is 26.4. The van der Waals surface area contributed by atoms with Gasteiger partial charge in [-0.15, -0.1) is 0 Å². The van der Waals surface area contributed by atoms with Crippen LogP contribution in [-0.4, -0.2) is 9.13 Å². The van der Waals surface area contributed by atoms with E-state index in [0.717, 1.165) is 0 Å². The molecule has 2 heterocycles. The van der Waals surface area contributed by atoms with Crippen molar-refractivity contribution in [2.24, 2.45) is 0 Å². The first-order chi connectivity index (χ1) is 23.1. The first kappa shape index (κ1) is 26.4. The van der Waals surface area contributed by atoms with Gasteiger partial charge < -0.3 is 9.13 Å². The Morgan fingerprint density at radius 2 is 0.979 bits per heavy atom. The van der Waals surface area contributed by atoms with Crippen molar-refractivity contribution in [2.45, 2.75) is 19.3 Å². The van der Waals surface area contributed by atoms with Crippen LogP contribution in [0.1, 0.15) is 25.0 Å². The summed E-state index contributed by atoms with van der Waals surface area (Å²) in [6, 6.07) is 57.9. The van der Waals surface area contributed by atoms with E-state index in [2.05, 4.69) is 181 Å². The van der Waals surface area contributed by atoms with Gasteiger partial charge in [0.2, 0.25) is 0 Å². The predicted octanol–water partition coefficient (Wildman–Crippen LogP) is 11.9. The van der Waals surface area contributed by atoms with E-state index in [4.69, 9.17) is 0 Å². The highest BCUT2D eigenvalue weighted by atomic mass is 15.0. The van der Waals surface area contributed by atoms with Gasteiger partial charge in [-0.1, -0.05) is 117 Å². The number of fused-ring (bicyclic) bond motifs is 10. The minimum absolute atomic E-state index is 0.0769. The summed E-state index contributed by atoms with van der Waals surface area (Å²) < 4.78 is 4.82. The molecular weight excluding hydrogens is 569 g/mol. The summed E-state index contributed by atoms with van der Waals surface area (Å²) in [4.78, 5) is 0. The molecule has 2 aromatic heterocycles. The molecule has 1 aliphatic carbocycles. The summed E-state index contributed by atoms with van der Waals surface area (Å²) in [6.45, 7) is 4.76. The third-order valence-electron chi connectivity index (χ3n) is 10.5. The van der Waals surface area contributed by atoms with E-state index in [0.29, 0.717) is 0 Å². The van der Waals surface area contributed by atoms with Gasteiger partial charge in [0, 0.05) is 38.3 Å². The van der Waals surface area contributed by atoms with Gasteiger partial charge in [0.05, 0.1) is 22.1 Å². The average Bonchev–Trinajstić information content (AvgIpc) is 3.72. The maximum Gasteiger partial charge on any atom is 0.0544 e. The molecule has 1 aliphatic rings. The largest absolute Gasteiger partial charge is 0.309 e. The molecule has 2 nitrogen and oxygen atoms in total. The lowest BCUT2D eigenvalue weighted by Crippen LogP contribution is -2.15. The van der Waals surface area contributed by atoms with Crippen molar-refractivity contribution in [3.63, 3.8) is 0 Å². The number of benzene rings is 7.